The largest absolute Gasteiger partial charge is 0.444 e. The number of ether oxygens (including phenoxy) is 1. The SMILES string of the molecule is CC(C)(C)OC(=O)N1CCC(c2cc(I)n(C3CCC(=O)C3)n2)CC1. The number of amides is 1. The van der Waals surface area contributed by atoms with Gasteiger partial charge < -0.3 is 9.64 Å². The molecule has 2 aliphatic rings. The van der Waals surface area contributed by atoms with Crippen LogP contribution in [0.25, 0.3) is 0 Å². The minimum absolute atomic E-state index is 0.218. The molecule has 0 spiro atoms. The van der Waals surface area contributed by atoms with E-state index in [2.05, 4.69) is 28.7 Å². The van der Waals surface area contributed by atoms with Crippen LogP contribution in [0, 0.1) is 3.70 Å². The molecule has 1 saturated carbocycles. The van der Waals surface area contributed by atoms with Crippen molar-refractivity contribution < 1.29 is 14.3 Å². The van der Waals surface area contributed by atoms with Crippen molar-refractivity contribution in [3.05, 3.63) is 15.5 Å². The van der Waals surface area contributed by atoms with E-state index in [1.54, 1.807) is 4.90 Å². The van der Waals surface area contributed by atoms with Crippen molar-refractivity contribution in [3.63, 3.8) is 0 Å². The van der Waals surface area contributed by atoms with Crippen LogP contribution in [0.2, 0.25) is 0 Å². The lowest BCUT2D eigenvalue weighted by Crippen LogP contribution is -2.41. The van der Waals surface area contributed by atoms with Gasteiger partial charge in [0.1, 0.15) is 11.4 Å². The van der Waals surface area contributed by atoms with Gasteiger partial charge in [0.2, 0.25) is 0 Å². The van der Waals surface area contributed by atoms with E-state index in [9.17, 15) is 9.59 Å². The summed E-state index contributed by atoms with van der Waals surface area (Å²) in [5.41, 5.74) is 0.634. The van der Waals surface area contributed by atoms with Gasteiger partial charge in [-0.3, -0.25) is 9.48 Å². The molecule has 7 heteroatoms. The molecule has 0 radical (unpaired) electrons. The number of hydrogen-bond acceptors (Lipinski definition) is 4. The number of likely N-dealkylation sites (tertiary alicyclic amines) is 1. The normalized spacial score (nSPS) is 22.5. The molecule has 0 N–H and O–H groups in total. The highest BCUT2D eigenvalue weighted by molar-refractivity contribution is 14.1. The molecule has 1 saturated heterocycles. The molecule has 1 atom stereocenters. The van der Waals surface area contributed by atoms with Crippen molar-refractivity contribution in [3.8, 4) is 0 Å². The summed E-state index contributed by atoms with van der Waals surface area (Å²) in [5, 5.41) is 4.80. The monoisotopic (exact) mass is 459 g/mol. The van der Waals surface area contributed by atoms with Gasteiger partial charge in [0.25, 0.3) is 0 Å². The van der Waals surface area contributed by atoms with Gasteiger partial charge in [0.05, 0.1) is 15.4 Å². The lowest BCUT2D eigenvalue weighted by Gasteiger charge is -2.32. The number of aromatic nitrogens is 2. The smallest absolute Gasteiger partial charge is 0.410 e. The number of ketones is 1. The molecule has 1 aromatic rings. The Hall–Kier alpha value is -1.12. The van der Waals surface area contributed by atoms with Crippen LogP contribution < -0.4 is 0 Å². The molecule has 25 heavy (non-hydrogen) atoms. The zero-order valence-electron chi connectivity index (χ0n) is 15.1. The first-order chi connectivity index (χ1) is 11.7. The molecular weight excluding hydrogens is 433 g/mol. The van der Waals surface area contributed by atoms with E-state index in [-0.39, 0.29) is 12.1 Å². The highest BCUT2D eigenvalue weighted by Crippen LogP contribution is 2.33. The maximum Gasteiger partial charge on any atom is 0.410 e. The highest BCUT2D eigenvalue weighted by atomic mass is 127. The molecule has 6 nitrogen and oxygen atoms in total. The second kappa shape index (κ2) is 7.25. The summed E-state index contributed by atoms with van der Waals surface area (Å²) in [5.74, 6) is 0.703. The summed E-state index contributed by atoms with van der Waals surface area (Å²) in [7, 11) is 0. The van der Waals surface area contributed by atoms with Crippen LogP contribution in [-0.2, 0) is 9.53 Å². The number of rotatable bonds is 2. The van der Waals surface area contributed by atoms with Crippen LogP contribution in [0.4, 0.5) is 4.79 Å². The molecule has 2 heterocycles. The van der Waals surface area contributed by atoms with Gasteiger partial charge in [-0.1, -0.05) is 0 Å². The Bertz CT molecular complexity index is 657. The van der Waals surface area contributed by atoms with E-state index in [0.29, 0.717) is 37.6 Å². The van der Waals surface area contributed by atoms with Gasteiger partial charge in [-0.25, -0.2) is 4.79 Å². The molecule has 3 rings (SSSR count). The van der Waals surface area contributed by atoms with Gasteiger partial charge >= 0.3 is 6.09 Å². The molecule has 1 aliphatic heterocycles. The van der Waals surface area contributed by atoms with E-state index >= 15 is 0 Å². The molecule has 0 bridgehead atoms. The van der Waals surface area contributed by atoms with Gasteiger partial charge in [-0.05, 0) is 68.7 Å². The van der Waals surface area contributed by atoms with Crippen LogP contribution in [0.5, 0.6) is 0 Å². The lowest BCUT2D eigenvalue weighted by atomic mass is 9.94. The van der Waals surface area contributed by atoms with Gasteiger partial charge in [-0.15, -0.1) is 0 Å². The third kappa shape index (κ3) is 4.54. The predicted molar refractivity (Wildman–Crippen MR) is 103 cm³/mol. The fraction of sp³-hybridized carbons (Fsp3) is 0.722. The quantitative estimate of drug-likeness (QED) is 0.630. The summed E-state index contributed by atoms with van der Waals surface area (Å²) < 4.78 is 8.58. The number of halogens is 1. The van der Waals surface area contributed by atoms with E-state index in [1.807, 2.05) is 25.5 Å². The Morgan fingerprint density at radius 1 is 1.28 bits per heavy atom. The first kappa shape index (κ1) is 18.7. The topological polar surface area (TPSA) is 64.4 Å². The fourth-order valence-corrected chi connectivity index (χ4v) is 4.35. The summed E-state index contributed by atoms with van der Waals surface area (Å²) in [6.45, 7) is 7.07. The maximum atomic E-state index is 12.2. The molecule has 1 unspecified atom stereocenters. The molecule has 0 aromatic carbocycles. The minimum Gasteiger partial charge on any atom is -0.444 e. The number of Topliss-reactive ketones (excluding diaryl/α,β-unsaturated/α-hetero) is 1. The van der Waals surface area contributed by atoms with Crippen molar-refractivity contribution in [2.24, 2.45) is 0 Å². The van der Waals surface area contributed by atoms with Crippen LogP contribution in [-0.4, -0.2) is 45.2 Å². The van der Waals surface area contributed by atoms with E-state index < -0.39 is 5.60 Å². The summed E-state index contributed by atoms with van der Waals surface area (Å²) in [4.78, 5) is 25.5. The van der Waals surface area contributed by atoms with Crippen LogP contribution in [0.3, 0.4) is 0 Å². The third-order valence-corrected chi connectivity index (χ3v) is 5.65. The second-order valence-electron chi connectivity index (χ2n) is 8.01. The predicted octanol–water partition coefficient (Wildman–Crippen LogP) is 3.90. The minimum atomic E-state index is -0.457. The number of carbonyl (C=O) groups excluding carboxylic acids is 2. The first-order valence-electron chi connectivity index (χ1n) is 8.97. The molecule has 2 fully saturated rings. The Kier molecular flexibility index (Phi) is 5.41. The fourth-order valence-electron chi connectivity index (χ4n) is 3.53. The second-order valence-corrected chi connectivity index (χ2v) is 9.12. The number of hydrogen-bond donors (Lipinski definition) is 0. The van der Waals surface area contributed by atoms with Crippen molar-refractivity contribution in [1.29, 1.82) is 0 Å². The number of carbonyl (C=O) groups is 2. The Balaban J connectivity index is 1.60. The van der Waals surface area contributed by atoms with Crippen LogP contribution >= 0.6 is 22.6 Å². The Morgan fingerprint density at radius 3 is 2.52 bits per heavy atom. The maximum absolute atomic E-state index is 12.2. The standard InChI is InChI=1S/C18H26IN3O3/c1-18(2,3)25-17(24)21-8-6-12(7-9-21)15-11-16(19)22(20-15)13-4-5-14(23)10-13/h11-13H,4-10H2,1-3H3. The summed E-state index contributed by atoms with van der Waals surface area (Å²) >= 11 is 2.31. The van der Waals surface area contributed by atoms with Crippen molar-refractivity contribution in [1.82, 2.24) is 14.7 Å². The molecule has 1 aliphatic carbocycles. The van der Waals surface area contributed by atoms with Gasteiger partial charge in [-0.2, -0.15) is 5.10 Å². The number of piperidine rings is 1. The molecule has 1 amide bonds. The molecule has 1 aromatic heterocycles. The summed E-state index contributed by atoms with van der Waals surface area (Å²) in [6, 6.07) is 2.35. The lowest BCUT2D eigenvalue weighted by molar-refractivity contribution is -0.117. The third-order valence-electron chi connectivity index (χ3n) is 4.84. The average molecular weight is 459 g/mol. The molecule has 138 valence electrons. The zero-order chi connectivity index (χ0) is 18.2. The first-order valence-corrected chi connectivity index (χ1v) is 10.1. The molecular formula is C18H26IN3O3. The van der Waals surface area contributed by atoms with Crippen molar-refractivity contribution in [2.45, 2.75) is 70.4 Å². The Morgan fingerprint density at radius 2 is 1.96 bits per heavy atom. The van der Waals surface area contributed by atoms with Crippen LogP contribution in [0.1, 0.15) is 70.5 Å². The van der Waals surface area contributed by atoms with E-state index in [0.717, 1.165) is 28.7 Å². The van der Waals surface area contributed by atoms with E-state index in [4.69, 9.17) is 9.84 Å². The summed E-state index contributed by atoms with van der Waals surface area (Å²) in [6.07, 6.45) is 3.74. The highest BCUT2D eigenvalue weighted by Gasteiger charge is 2.30. The Labute approximate surface area is 162 Å². The average Bonchev–Trinajstić information content (AvgIpc) is 3.11. The van der Waals surface area contributed by atoms with E-state index in [1.165, 1.54) is 0 Å². The number of nitrogens with zero attached hydrogens (tertiary/aromatic N) is 3. The van der Waals surface area contributed by atoms with Crippen molar-refractivity contribution in [2.75, 3.05) is 13.1 Å². The van der Waals surface area contributed by atoms with Crippen molar-refractivity contribution >= 4 is 34.5 Å². The zero-order valence-corrected chi connectivity index (χ0v) is 17.3. The van der Waals surface area contributed by atoms with Gasteiger partial charge in [0.15, 0.2) is 0 Å². The van der Waals surface area contributed by atoms with Gasteiger partial charge in [0, 0.05) is 31.8 Å². The van der Waals surface area contributed by atoms with Crippen LogP contribution in [0.15, 0.2) is 6.07 Å².